The highest BCUT2D eigenvalue weighted by molar-refractivity contribution is 7.99. The molecule has 5 aromatic rings. The second-order valence-corrected chi connectivity index (χ2v) is 14.9. The summed E-state index contributed by atoms with van der Waals surface area (Å²) in [6.07, 6.45) is -4.89. The number of hydrogen-bond donors (Lipinski definition) is 3. The average Bonchev–Trinajstić information content (AvgIpc) is 3.16. The lowest BCUT2D eigenvalue weighted by Gasteiger charge is -2.35. The number of phenols is 1. The van der Waals surface area contributed by atoms with Crippen LogP contribution in [-0.4, -0.2) is 78.9 Å². The van der Waals surface area contributed by atoms with Crippen molar-refractivity contribution in [2.24, 2.45) is 0 Å². The average molecular weight is 781 g/mol. The summed E-state index contributed by atoms with van der Waals surface area (Å²) >= 11 is 1.44. The van der Waals surface area contributed by atoms with Gasteiger partial charge in [-0.3, -0.25) is 9.59 Å². The Morgan fingerprint density at radius 1 is 0.852 bits per heavy atom. The fourth-order valence-corrected chi connectivity index (χ4v) is 7.45. The standard InChI is InChI=1S/C37H32F4N6O5S2/c38-31-22-25(9-11-29(31)24-5-4-6-26(48)21-24)36(50)47-18-16-46(17-19-47)34-14-13-33(43-44-34)35(49)45-54(51,52)28-10-12-32(30(23-28)37(39,40)41)42-15-20-53-27-7-2-1-3-8-27/h1-14,21-23,42,48H,15-20H2,(H,45,49). The van der Waals surface area contributed by atoms with Gasteiger partial charge in [0.1, 0.15) is 11.6 Å². The Kier molecular flexibility index (Phi) is 11.4. The smallest absolute Gasteiger partial charge is 0.418 e. The molecule has 1 aliphatic heterocycles. The highest BCUT2D eigenvalue weighted by atomic mass is 32.2. The molecule has 4 aromatic carbocycles. The van der Waals surface area contributed by atoms with Crippen LogP contribution in [0.2, 0.25) is 0 Å². The minimum atomic E-state index is -4.89. The zero-order valence-corrected chi connectivity index (χ0v) is 29.9. The lowest BCUT2D eigenvalue weighted by atomic mass is 10.0. The van der Waals surface area contributed by atoms with Gasteiger partial charge in [-0.05, 0) is 72.3 Å². The van der Waals surface area contributed by atoms with E-state index in [0.717, 1.165) is 23.1 Å². The molecular weight excluding hydrogens is 749 g/mol. The maximum atomic E-state index is 14.9. The van der Waals surface area contributed by atoms with E-state index in [0.29, 0.717) is 36.3 Å². The quantitative estimate of drug-likeness (QED) is 0.0795. The molecule has 1 saturated heterocycles. The molecule has 0 saturated carbocycles. The van der Waals surface area contributed by atoms with E-state index in [1.165, 1.54) is 48.2 Å². The van der Waals surface area contributed by atoms with Gasteiger partial charge in [0.2, 0.25) is 0 Å². The molecular formula is C37H32F4N6O5S2. The highest BCUT2D eigenvalue weighted by Crippen LogP contribution is 2.36. The number of benzene rings is 4. The molecule has 1 aliphatic rings. The van der Waals surface area contributed by atoms with Crippen LogP contribution >= 0.6 is 11.8 Å². The Hall–Kier alpha value is -5.68. The molecule has 6 rings (SSSR count). The molecule has 0 unspecified atom stereocenters. The van der Waals surface area contributed by atoms with Gasteiger partial charge in [-0.15, -0.1) is 22.0 Å². The van der Waals surface area contributed by atoms with E-state index in [9.17, 15) is 40.7 Å². The minimum Gasteiger partial charge on any atom is -0.508 e. The summed E-state index contributed by atoms with van der Waals surface area (Å²) in [4.78, 5) is 29.5. The third kappa shape index (κ3) is 9.09. The predicted molar refractivity (Wildman–Crippen MR) is 195 cm³/mol. The number of anilines is 2. The van der Waals surface area contributed by atoms with Crippen LogP contribution in [0.25, 0.3) is 11.1 Å². The Labute approximate surface area is 312 Å². The number of piperazine rings is 1. The lowest BCUT2D eigenvalue weighted by molar-refractivity contribution is -0.137. The zero-order valence-electron chi connectivity index (χ0n) is 28.3. The first-order chi connectivity index (χ1) is 25.8. The second-order valence-electron chi connectivity index (χ2n) is 12.0. The van der Waals surface area contributed by atoms with Crippen LogP contribution < -0.4 is 14.9 Å². The van der Waals surface area contributed by atoms with Crippen LogP contribution in [0, 0.1) is 5.82 Å². The van der Waals surface area contributed by atoms with E-state index < -0.39 is 44.1 Å². The largest absolute Gasteiger partial charge is 0.508 e. The summed E-state index contributed by atoms with van der Waals surface area (Å²) in [6, 6.07) is 24.7. The van der Waals surface area contributed by atoms with Crippen molar-refractivity contribution < 1.29 is 40.7 Å². The van der Waals surface area contributed by atoms with Crippen molar-refractivity contribution in [2.45, 2.75) is 16.0 Å². The number of rotatable bonds is 11. The van der Waals surface area contributed by atoms with E-state index >= 15 is 0 Å². The summed E-state index contributed by atoms with van der Waals surface area (Å²) < 4.78 is 84.5. The van der Waals surface area contributed by atoms with Gasteiger partial charge in [-0.25, -0.2) is 17.5 Å². The Morgan fingerprint density at radius 3 is 2.28 bits per heavy atom. The van der Waals surface area contributed by atoms with E-state index in [4.69, 9.17) is 0 Å². The molecule has 3 N–H and O–H groups in total. The van der Waals surface area contributed by atoms with Crippen LogP contribution in [-0.2, 0) is 16.2 Å². The molecule has 1 aromatic heterocycles. The van der Waals surface area contributed by atoms with E-state index in [1.54, 1.807) is 26.7 Å². The van der Waals surface area contributed by atoms with Crippen molar-refractivity contribution in [3.8, 4) is 16.9 Å². The van der Waals surface area contributed by atoms with Crippen LogP contribution in [0.5, 0.6) is 5.75 Å². The molecule has 0 aliphatic carbocycles. The fourth-order valence-electron chi connectivity index (χ4n) is 5.68. The third-order valence-corrected chi connectivity index (χ3v) is 10.8. The molecule has 11 nitrogen and oxygen atoms in total. The van der Waals surface area contributed by atoms with Crippen molar-refractivity contribution in [3.63, 3.8) is 0 Å². The third-order valence-electron chi connectivity index (χ3n) is 8.41. The number of thioether (sulfide) groups is 1. The molecule has 1 fully saturated rings. The number of phenolic OH excluding ortho intramolecular Hbond substituents is 1. The van der Waals surface area contributed by atoms with E-state index in [2.05, 4.69) is 15.5 Å². The van der Waals surface area contributed by atoms with Gasteiger partial charge in [-0.2, -0.15) is 13.2 Å². The first kappa shape index (κ1) is 38.1. The number of aromatic nitrogens is 2. The van der Waals surface area contributed by atoms with Crippen LogP contribution in [0.15, 0.2) is 113 Å². The van der Waals surface area contributed by atoms with Gasteiger partial charge in [0.25, 0.3) is 21.8 Å². The number of carbonyl (C=O) groups excluding carboxylic acids is 2. The number of carbonyl (C=O) groups is 2. The van der Waals surface area contributed by atoms with Crippen molar-refractivity contribution >= 4 is 45.1 Å². The maximum absolute atomic E-state index is 14.9. The number of hydrogen-bond acceptors (Lipinski definition) is 10. The summed E-state index contributed by atoms with van der Waals surface area (Å²) in [7, 11) is -4.74. The molecule has 17 heteroatoms. The molecule has 0 bridgehead atoms. The number of nitrogens with zero attached hydrogens (tertiary/aromatic N) is 4. The zero-order chi connectivity index (χ0) is 38.5. The van der Waals surface area contributed by atoms with Gasteiger partial charge in [-0.1, -0.05) is 36.4 Å². The molecule has 2 heterocycles. The molecule has 0 spiro atoms. The molecule has 280 valence electrons. The fraction of sp³-hybridized carbons (Fsp3) is 0.189. The molecule has 54 heavy (non-hydrogen) atoms. The number of nitrogens with one attached hydrogen (secondary N) is 2. The first-order valence-corrected chi connectivity index (χ1v) is 18.9. The Morgan fingerprint density at radius 2 is 1.61 bits per heavy atom. The maximum Gasteiger partial charge on any atom is 0.418 e. The summed E-state index contributed by atoms with van der Waals surface area (Å²) in [5, 5.41) is 20.3. The van der Waals surface area contributed by atoms with Crippen LogP contribution in [0.4, 0.5) is 29.1 Å². The lowest BCUT2D eigenvalue weighted by Crippen LogP contribution is -2.49. The van der Waals surface area contributed by atoms with Gasteiger partial charge < -0.3 is 20.2 Å². The number of sulfonamides is 1. The van der Waals surface area contributed by atoms with Crippen molar-refractivity contribution in [1.29, 1.82) is 0 Å². The normalized spacial score (nSPS) is 13.4. The van der Waals surface area contributed by atoms with Crippen molar-refractivity contribution in [3.05, 3.63) is 126 Å². The summed E-state index contributed by atoms with van der Waals surface area (Å²) in [5.74, 6) is -1.40. The van der Waals surface area contributed by atoms with Gasteiger partial charge in [0, 0.05) is 60.2 Å². The van der Waals surface area contributed by atoms with Crippen LogP contribution in [0.1, 0.15) is 26.4 Å². The van der Waals surface area contributed by atoms with E-state index in [-0.39, 0.29) is 48.1 Å². The van der Waals surface area contributed by atoms with Crippen molar-refractivity contribution in [1.82, 2.24) is 19.8 Å². The Balaban J connectivity index is 1.04. The second kappa shape index (κ2) is 16.1. The predicted octanol–water partition coefficient (Wildman–Crippen LogP) is 6.29. The van der Waals surface area contributed by atoms with Crippen molar-refractivity contribution in [2.75, 3.05) is 48.7 Å². The SMILES string of the molecule is O=C(NS(=O)(=O)c1ccc(NCCSc2ccccc2)c(C(F)(F)F)c1)c1ccc(N2CCN(C(=O)c3ccc(-c4cccc(O)c4)c(F)c3)CC2)nn1. The van der Waals surface area contributed by atoms with E-state index in [1.807, 2.05) is 30.3 Å². The summed E-state index contributed by atoms with van der Waals surface area (Å²) in [6.45, 7) is 1.34. The number of amides is 2. The number of alkyl halides is 3. The number of halogens is 4. The topological polar surface area (TPSA) is 145 Å². The van der Waals surface area contributed by atoms with Crippen LogP contribution in [0.3, 0.4) is 0 Å². The monoisotopic (exact) mass is 780 g/mol. The number of aromatic hydroxyl groups is 1. The minimum absolute atomic E-state index is 0.0121. The molecule has 0 radical (unpaired) electrons. The summed E-state index contributed by atoms with van der Waals surface area (Å²) in [5.41, 5.74) is -1.04. The first-order valence-electron chi connectivity index (χ1n) is 16.5. The van der Waals surface area contributed by atoms with Gasteiger partial charge in [0.05, 0.1) is 10.5 Å². The van der Waals surface area contributed by atoms with Gasteiger partial charge in [0.15, 0.2) is 11.5 Å². The molecule has 0 atom stereocenters. The van der Waals surface area contributed by atoms with Gasteiger partial charge >= 0.3 is 6.18 Å². The Bertz CT molecular complexity index is 2250. The highest BCUT2D eigenvalue weighted by Gasteiger charge is 2.35. The molecule has 2 amide bonds.